The van der Waals surface area contributed by atoms with E-state index in [0.717, 1.165) is 38.5 Å². The number of carbonyl (C=O) groups excluding carboxylic acids is 2. The molecule has 2 fully saturated rings. The summed E-state index contributed by atoms with van der Waals surface area (Å²) in [6.07, 6.45) is 5.16. The van der Waals surface area contributed by atoms with Gasteiger partial charge in [-0.25, -0.2) is 4.79 Å². The maximum absolute atomic E-state index is 12.1. The topological polar surface area (TPSA) is 64.6 Å². The Morgan fingerprint density at radius 3 is 2.52 bits per heavy atom. The van der Waals surface area contributed by atoms with E-state index in [0.29, 0.717) is 5.92 Å². The van der Waals surface area contributed by atoms with Crippen molar-refractivity contribution in [2.24, 2.45) is 11.8 Å². The van der Waals surface area contributed by atoms with Crippen LogP contribution in [0.15, 0.2) is 0 Å². The molecule has 0 spiro atoms. The van der Waals surface area contributed by atoms with E-state index in [-0.39, 0.29) is 23.5 Å². The molecule has 1 N–H and O–H groups in total. The van der Waals surface area contributed by atoms with Gasteiger partial charge in [-0.2, -0.15) is 0 Å². The second kappa shape index (κ2) is 5.85. The van der Waals surface area contributed by atoms with Crippen LogP contribution in [-0.4, -0.2) is 30.3 Å². The molecule has 0 aromatic carbocycles. The minimum absolute atomic E-state index is 0.0103. The molecule has 3 unspecified atom stereocenters. The minimum atomic E-state index is -0.488. The number of alkyl carbamates (subject to hydrolysis) is 1. The molecule has 0 saturated heterocycles. The van der Waals surface area contributed by atoms with Crippen molar-refractivity contribution in [2.75, 3.05) is 7.11 Å². The number of amides is 1. The zero-order valence-electron chi connectivity index (χ0n) is 13.5. The third-order valence-electron chi connectivity index (χ3n) is 4.66. The fraction of sp³-hybridized carbons (Fsp3) is 0.875. The van der Waals surface area contributed by atoms with Gasteiger partial charge in [-0.3, -0.25) is 4.79 Å². The second-order valence-corrected chi connectivity index (χ2v) is 7.43. The molecular weight excluding hydrogens is 270 g/mol. The summed E-state index contributed by atoms with van der Waals surface area (Å²) in [5, 5.41) is 3.08. The number of methoxy groups -OCH3 is 1. The number of rotatable bonds is 2. The Bertz CT molecular complexity index is 415. The van der Waals surface area contributed by atoms with Gasteiger partial charge < -0.3 is 14.8 Å². The zero-order chi connectivity index (χ0) is 15.7. The normalized spacial score (nSPS) is 32.2. The minimum Gasteiger partial charge on any atom is -0.469 e. The Morgan fingerprint density at radius 2 is 1.90 bits per heavy atom. The Labute approximate surface area is 126 Å². The maximum atomic E-state index is 12.1. The summed E-state index contributed by atoms with van der Waals surface area (Å²) in [5.41, 5.74) is -0.687. The highest BCUT2D eigenvalue weighted by molar-refractivity contribution is 5.73. The molecule has 2 rings (SSSR count). The van der Waals surface area contributed by atoms with Crippen LogP contribution in [0.1, 0.15) is 59.3 Å². The van der Waals surface area contributed by atoms with Crippen LogP contribution in [0.4, 0.5) is 4.79 Å². The first-order valence-corrected chi connectivity index (χ1v) is 7.84. The predicted octanol–water partition coefficient (Wildman–Crippen LogP) is 3.02. The van der Waals surface area contributed by atoms with E-state index in [1.54, 1.807) is 0 Å². The van der Waals surface area contributed by atoms with Crippen LogP contribution in [0.3, 0.4) is 0 Å². The lowest BCUT2D eigenvalue weighted by atomic mass is 9.63. The molecule has 2 bridgehead atoms. The molecule has 0 aliphatic heterocycles. The first kappa shape index (κ1) is 16.1. The van der Waals surface area contributed by atoms with Gasteiger partial charge in [-0.15, -0.1) is 0 Å². The number of carbonyl (C=O) groups is 2. The molecule has 1 amide bonds. The third-order valence-corrected chi connectivity index (χ3v) is 4.66. The quantitative estimate of drug-likeness (QED) is 0.796. The zero-order valence-corrected chi connectivity index (χ0v) is 13.5. The van der Waals surface area contributed by atoms with E-state index >= 15 is 0 Å². The number of nitrogens with one attached hydrogen (secondary N) is 1. The van der Waals surface area contributed by atoms with Gasteiger partial charge in [0.15, 0.2) is 0 Å². The van der Waals surface area contributed by atoms with Crippen molar-refractivity contribution in [2.45, 2.75) is 70.4 Å². The number of ether oxygens (including phenoxy) is 2. The SMILES string of the molecule is COC(=O)C1CCC2(NC(=O)OC(C)(C)C)CCCC1C2. The Morgan fingerprint density at radius 1 is 1.19 bits per heavy atom. The van der Waals surface area contributed by atoms with Crippen LogP contribution in [0.5, 0.6) is 0 Å². The fourth-order valence-electron chi connectivity index (χ4n) is 3.80. The summed E-state index contributed by atoms with van der Waals surface area (Å²) < 4.78 is 10.3. The average molecular weight is 297 g/mol. The molecule has 21 heavy (non-hydrogen) atoms. The summed E-state index contributed by atoms with van der Waals surface area (Å²) in [4.78, 5) is 23.9. The van der Waals surface area contributed by atoms with Crippen molar-refractivity contribution in [1.82, 2.24) is 5.32 Å². The Balaban J connectivity index is 2.01. The van der Waals surface area contributed by atoms with Gasteiger partial charge >= 0.3 is 12.1 Å². The lowest BCUT2D eigenvalue weighted by molar-refractivity contribution is -0.150. The van der Waals surface area contributed by atoms with Crippen molar-refractivity contribution in [3.8, 4) is 0 Å². The molecule has 5 nitrogen and oxygen atoms in total. The molecule has 0 radical (unpaired) electrons. The number of hydrogen-bond donors (Lipinski definition) is 1. The van der Waals surface area contributed by atoms with Crippen molar-refractivity contribution in [3.05, 3.63) is 0 Å². The largest absolute Gasteiger partial charge is 0.469 e. The summed E-state index contributed by atoms with van der Waals surface area (Å²) in [7, 11) is 1.45. The van der Waals surface area contributed by atoms with Crippen molar-refractivity contribution in [3.63, 3.8) is 0 Å². The van der Waals surface area contributed by atoms with Crippen LogP contribution < -0.4 is 5.32 Å². The van der Waals surface area contributed by atoms with Crippen LogP contribution in [0.25, 0.3) is 0 Å². The molecule has 3 atom stereocenters. The Hall–Kier alpha value is -1.26. The first-order chi connectivity index (χ1) is 9.75. The van der Waals surface area contributed by atoms with Gasteiger partial charge in [-0.05, 0) is 58.8 Å². The lowest BCUT2D eigenvalue weighted by Gasteiger charge is -2.48. The lowest BCUT2D eigenvalue weighted by Crippen LogP contribution is -2.56. The van der Waals surface area contributed by atoms with Gasteiger partial charge in [0.1, 0.15) is 5.60 Å². The van der Waals surface area contributed by atoms with E-state index in [2.05, 4.69) is 5.32 Å². The number of fused-ring (bicyclic) bond motifs is 2. The average Bonchev–Trinajstić information content (AvgIpc) is 2.35. The standard InChI is InChI=1S/C16H27NO4/c1-15(2,3)21-14(19)17-16-8-5-6-11(10-16)12(7-9-16)13(18)20-4/h11-12H,5-10H2,1-4H3,(H,17,19). The first-order valence-electron chi connectivity index (χ1n) is 7.84. The van der Waals surface area contributed by atoms with Crippen molar-refractivity contribution in [1.29, 1.82) is 0 Å². The van der Waals surface area contributed by atoms with Crippen LogP contribution >= 0.6 is 0 Å². The predicted molar refractivity (Wildman–Crippen MR) is 78.8 cm³/mol. The summed E-state index contributed by atoms with van der Waals surface area (Å²) in [6, 6.07) is 0. The van der Waals surface area contributed by atoms with Gasteiger partial charge in [0.2, 0.25) is 0 Å². The maximum Gasteiger partial charge on any atom is 0.408 e. The molecule has 0 aromatic heterocycles. The monoisotopic (exact) mass is 297 g/mol. The van der Waals surface area contributed by atoms with E-state index in [4.69, 9.17) is 9.47 Å². The molecule has 120 valence electrons. The van der Waals surface area contributed by atoms with E-state index in [1.165, 1.54) is 7.11 Å². The summed E-state index contributed by atoms with van der Waals surface area (Å²) in [5.74, 6) is 0.200. The van der Waals surface area contributed by atoms with E-state index in [1.807, 2.05) is 20.8 Å². The van der Waals surface area contributed by atoms with Crippen LogP contribution in [0.2, 0.25) is 0 Å². The Kier molecular flexibility index (Phi) is 4.49. The van der Waals surface area contributed by atoms with Gasteiger partial charge in [0.05, 0.1) is 13.0 Å². The number of esters is 1. The summed E-state index contributed by atoms with van der Waals surface area (Å²) >= 11 is 0. The molecule has 2 aliphatic carbocycles. The van der Waals surface area contributed by atoms with E-state index < -0.39 is 5.60 Å². The molecular formula is C16H27NO4. The van der Waals surface area contributed by atoms with Gasteiger partial charge in [0.25, 0.3) is 0 Å². The van der Waals surface area contributed by atoms with Crippen LogP contribution in [0, 0.1) is 11.8 Å². The van der Waals surface area contributed by atoms with Gasteiger partial charge in [-0.1, -0.05) is 6.42 Å². The molecule has 2 saturated carbocycles. The summed E-state index contributed by atoms with van der Waals surface area (Å²) in [6.45, 7) is 5.59. The fourth-order valence-corrected chi connectivity index (χ4v) is 3.80. The highest BCUT2D eigenvalue weighted by Crippen LogP contribution is 2.46. The highest BCUT2D eigenvalue weighted by Gasteiger charge is 2.47. The molecule has 0 aromatic rings. The van der Waals surface area contributed by atoms with Crippen molar-refractivity contribution < 1.29 is 19.1 Å². The molecule has 0 heterocycles. The highest BCUT2D eigenvalue weighted by atomic mass is 16.6. The van der Waals surface area contributed by atoms with E-state index in [9.17, 15) is 9.59 Å². The smallest absolute Gasteiger partial charge is 0.408 e. The number of hydrogen-bond acceptors (Lipinski definition) is 4. The second-order valence-electron chi connectivity index (χ2n) is 7.43. The molecule has 2 aliphatic rings. The van der Waals surface area contributed by atoms with Crippen molar-refractivity contribution >= 4 is 12.1 Å². The van der Waals surface area contributed by atoms with Gasteiger partial charge in [0, 0.05) is 5.54 Å². The third kappa shape index (κ3) is 3.89. The van der Waals surface area contributed by atoms with Crippen LogP contribution in [-0.2, 0) is 14.3 Å². The molecule has 5 heteroatoms.